The summed E-state index contributed by atoms with van der Waals surface area (Å²) in [5, 5.41) is 34.7. The van der Waals surface area contributed by atoms with E-state index in [1.54, 1.807) is 6.92 Å². The van der Waals surface area contributed by atoms with Gasteiger partial charge in [-0.15, -0.1) is 0 Å². The zero-order chi connectivity index (χ0) is 24.1. The molecule has 4 aliphatic carbocycles. The molecule has 3 N–H and O–H groups in total. The Kier molecular flexibility index (Phi) is 6.15. The van der Waals surface area contributed by atoms with E-state index in [0.717, 1.165) is 4.90 Å². The number of rotatable bonds is 5. The van der Waals surface area contributed by atoms with Gasteiger partial charge in [0.1, 0.15) is 29.9 Å². The van der Waals surface area contributed by atoms with Gasteiger partial charge in [0.2, 0.25) is 0 Å². The summed E-state index contributed by atoms with van der Waals surface area (Å²) >= 11 is 1.44. The van der Waals surface area contributed by atoms with Crippen molar-refractivity contribution in [3.8, 4) is 0 Å². The molecular weight excluding hydrogens is 440 g/mol. The van der Waals surface area contributed by atoms with Gasteiger partial charge in [0.15, 0.2) is 0 Å². The van der Waals surface area contributed by atoms with E-state index < -0.39 is 27.9 Å². The summed E-state index contributed by atoms with van der Waals surface area (Å²) in [7, 11) is 0. The molecule has 1 spiro atoms. The molecule has 2 bridgehead atoms. The highest BCUT2D eigenvalue weighted by atomic mass is 32.2. The lowest BCUT2D eigenvalue weighted by atomic mass is 9.33. The number of aliphatic hydroxyl groups is 3. The van der Waals surface area contributed by atoms with Crippen LogP contribution in [-0.4, -0.2) is 51.8 Å². The van der Waals surface area contributed by atoms with Crippen molar-refractivity contribution in [2.45, 2.75) is 63.1 Å². The van der Waals surface area contributed by atoms with Crippen molar-refractivity contribution >= 4 is 23.3 Å². The number of hydrogen-bond acceptors (Lipinski definition) is 7. The van der Waals surface area contributed by atoms with E-state index in [-0.39, 0.29) is 37.6 Å². The zero-order valence-corrected chi connectivity index (χ0v) is 20.2. The summed E-state index contributed by atoms with van der Waals surface area (Å²) < 4.78 is 5.49. The third kappa shape index (κ3) is 3.13. The predicted octanol–water partition coefficient (Wildman–Crippen LogP) is 3.41. The fourth-order valence-corrected chi connectivity index (χ4v) is 7.45. The third-order valence-corrected chi connectivity index (χ3v) is 9.12. The van der Waals surface area contributed by atoms with Gasteiger partial charge in [0, 0.05) is 23.2 Å². The number of thioether (sulfide) groups is 1. The van der Waals surface area contributed by atoms with Crippen LogP contribution in [0.1, 0.15) is 46.5 Å². The number of Topliss-reactive ketones (excluding diaryl/α,β-unsaturated/α-hetero) is 2. The fraction of sp³-hybridized carbons (Fsp3) is 0.538. The highest BCUT2D eigenvalue weighted by Crippen LogP contribution is 2.72. The third-order valence-electron chi connectivity index (χ3n) is 8.22. The minimum atomic E-state index is -1.81. The summed E-state index contributed by atoms with van der Waals surface area (Å²) in [6, 6.07) is 9.69. The summed E-state index contributed by atoms with van der Waals surface area (Å²) in [5.41, 5.74) is -4.54. The number of benzene rings is 1. The molecule has 178 valence electrons. The molecule has 4 aliphatic rings. The number of carbonyl (C=O) groups is 2. The van der Waals surface area contributed by atoms with Crippen LogP contribution in [0.25, 0.3) is 0 Å². The monoisotopic (exact) mass is 472 g/mol. The molecule has 0 aromatic heterocycles. The van der Waals surface area contributed by atoms with Crippen LogP contribution in [-0.2, 0) is 14.3 Å². The molecule has 0 saturated heterocycles. The number of carbonyl (C=O) groups excluding carboxylic acids is 2. The largest absolute Gasteiger partial charge is 0.499 e. The maximum Gasteiger partial charge on any atom is 0.147 e. The number of aliphatic hydroxyl groups excluding tert-OH is 2. The Morgan fingerprint density at radius 3 is 2.48 bits per heavy atom. The molecule has 0 amide bonds. The molecular formula is C26H32O6S. The van der Waals surface area contributed by atoms with Crippen molar-refractivity contribution < 1.29 is 29.6 Å². The second kappa shape index (κ2) is 8.38. The van der Waals surface area contributed by atoms with Gasteiger partial charge in [0.25, 0.3) is 0 Å². The highest BCUT2D eigenvalue weighted by Gasteiger charge is 2.80. The SMILES string of the molecule is CC1(C)/C(=C\Sc2ccccc2)[C@]2(C)C(=O)C[C@@]1(O)[C@@H](O)[C@@]21C(=O)CCC/C1=C\OCCO. The van der Waals surface area contributed by atoms with Crippen molar-refractivity contribution in [1.82, 2.24) is 0 Å². The van der Waals surface area contributed by atoms with Crippen LogP contribution >= 0.6 is 11.8 Å². The summed E-state index contributed by atoms with van der Waals surface area (Å²) in [6.45, 7) is 5.27. The molecule has 4 saturated carbocycles. The Morgan fingerprint density at radius 1 is 1.12 bits per heavy atom. The quantitative estimate of drug-likeness (QED) is 0.343. The van der Waals surface area contributed by atoms with Crippen molar-refractivity contribution in [3.63, 3.8) is 0 Å². The molecule has 4 atom stereocenters. The van der Waals surface area contributed by atoms with Gasteiger partial charge in [-0.1, -0.05) is 43.8 Å². The van der Waals surface area contributed by atoms with Crippen LogP contribution in [0.3, 0.4) is 0 Å². The lowest BCUT2D eigenvalue weighted by Gasteiger charge is -2.70. The Bertz CT molecular complexity index is 1010. The van der Waals surface area contributed by atoms with Crippen LogP contribution in [0.4, 0.5) is 0 Å². The maximum absolute atomic E-state index is 13.8. The number of hydrogen-bond donors (Lipinski definition) is 3. The van der Waals surface area contributed by atoms with Gasteiger partial charge in [-0.25, -0.2) is 0 Å². The molecule has 1 aromatic rings. The first-order chi connectivity index (χ1) is 15.6. The van der Waals surface area contributed by atoms with E-state index >= 15 is 0 Å². The maximum atomic E-state index is 13.8. The van der Waals surface area contributed by atoms with Crippen molar-refractivity contribution in [1.29, 1.82) is 0 Å². The number of fused-ring (bicyclic) bond motifs is 2. The van der Waals surface area contributed by atoms with Crippen LogP contribution < -0.4 is 0 Å². The Hall–Kier alpha value is -1.93. The van der Waals surface area contributed by atoms with Gasteiger partial charge >= 0.3 is 0 Å². The second-order valence-corrected chi connectivity index (χ2v) is 10.9. The first-order valence-electron chi connectivity index (χ1n) is 11.4. The fourth-order valence-electron chi connectivity index (χ4n) is 6.35. The van der Waals surface area contributed by atoms with Crippen molar-refractivity contribution in [3.05, 3.63) is 53.1 Å². The molecule has 33 heavy (non-hydrogen) atoms. The molecule has 5 rings (SSSR count). The standard InChI is InChI=1S/C26H32O6S/c1-23(2)19(16-33-18-9-5-4-6-10-18)24(3)21(29)14-25(23,31)22(30)26(24)17(15-32-13-12-27)8-7-11-20(26)28/h4-6,9-10,15-16,22,27,30-31H,7-8,11-14H2,1-3H3/b17-15+,19-16+/t22-,24-,25-,26-/m1/s1. The van der Waals surface area contributed by atoms with E-state index in [1.165, 1.54) is 18.0 Å². The highest BCUT2D eigenvalue weighted by molar-refractivity contribution is 8.02. The minimum Gasteiger partial charge on any atom is -0.499 e. The molecule has 0 heterocycles. The molecule has 0 aliphatic heterocycles. The summed E-state index contributed by atoms with van der Waals surface area (Å²) in [5.74, 6) is -0.502. The molecule has 6 nitrogen and oxygen atoms in total. The van der Waals surface area contributed by atoms with E-state index in [4.69, 9.17) is 9.84 Å². The molecule has 0 radical (unpaired) electrons. The molecule has 7 heteroatoms. The zero-order valence-electron chi connectivity index (χ0n) is 19.3. The van der Waals surface area contributed by atoms with Crippen LogP contribution in [0.5, 0.6) is 0 Å². The second-order valence-electron chi connectivity index (χ2n) is 9.96. The Labute approximate surface area is 198 Å². The number of ketones is 2. The smallest absolute Gasteiger partial charge is 0.147 e. The Morgan fingerprint density at radius 2 is 1.82 bits per heavy atom. The van der Waals surface area contributed by atoms with Gasteiger partial charge in [-0.05, 0) is 48.5 Å². The minimum absolute atomic E-state index is 0.0385. The van der Waals surface area contributed by atoms with Gasteiger partial charge in [-0.3, -0.25) is 9.59 Å². The molecule has 0 unspecified atom stereocenters. The normalized spacial score (nSPS) is 37.8. The van der Waals surface area contributed by atoms with Crippen LogP contribution in [0, 0.1) is 16.2 Å². The Balaban J connectivity index is 1.96. The lowest BCUT2D eigenvalue weighted by molar-refractivity contribution is -0.246. The average Bonchev–Trinajstić information content (AvgIpc) is 2.77. The van der Waals surface area contributed by atoms with Crippen LogP contribution in [0.2, 0.25) is 0 Å². The topological polar surface area (TPSA) is 104 Å². The van der Waals surface area contributed by atoms with Gasteiger partial charge < -0.3 is 20.1 Å². The lowest BCUT2D eigenvalue weighted by Crippen LogP contribution is -2.80. The van der Waals surface area contributed by atoms with Gasteiger partial charge in [-0.2, -0.15) is 0 Å². The summed E-state index contributed by atoms with van der Waals surface area (Å²) in [4.78, 5) is 28.5. The first-order valence-corrected chi connectivity index (χ1v) is 12.3. The van der Waals surface area contributed by atoms with Crippen molar-refractivity contribution in [2.24, 2.45) is 16.2 Å². The average molecular weight is 473 g/mol. The van der Waals surface area contributed by atoms with E-state index in [2.05, 4.69) is 0 Å². The summed E-state index contributed by atoms with van der Waals surface area (Å²) in [6.07, 6.45) is 1.00. The van der Waals surface area contributed by atoms with Crippen LogP contribution in [0.15, 0.2) is 58.0 Å². The first kappa shape index (κ1) is 24.2. The van der Waals surface area contributed by atoms with Crippen molar-refractivity contribution in [2.75, 3.05) is 13.2 Å². The molecule has 1 aromatic carbocycles. The van der Waals surface area contributed by atoms with Gasteiger partial charge in [0.05, 0.1) is 23.7 Å². The van der Waals surface area contributed by atoms with E-state index in [0.29, 0.717) is 24.0 Å². The van der Waals surface area contributed by atoms with E-state index in [9.17, 15) is 19.8 Å². The predicted molar refractivity (Wildman–Crippen MR) is 125 cm³/mol. The van der Waals surface area contributed by atoms with E-state index in [1.807, 2.05) is 49.6 Å². The number of ether oxygens (including phenoxy) is 1. The molecule has 4 fully saturated rings.